The Morgan fingerprint density at radius 3 is 1.84 bits per heavy atom. The van der Waals surface area contributed by atoms with Gasteiger partial charge in [-0.05, 0) is 44.6 Å². The first kappa shape index (κ1) is 19.2. The molecule has 0 amide bonds. The first-order valence-corrected chi connectivity index (χ1v) is 8.89. The van der Waals surface area contributed by atoms with E-state index in [1.54, 1.807) is 0 Å². The lowest BCUT2D eigenvalue weighted by Crippen LogP contribution is -2.43. The van der Waals surface area contributed by atoms with Crippen molar-refractivity contribution in [2.75, 3.05) is 27.7 Å². The molecule has 2 rings (SSSR count). The van der Waals surface area contributed by atoms with E-state index in [1.807, 2.05) is 36.4 Å². The van der Waals surface area contributed by atoms with Crippen LogP contribution in [0.4, 0.5) is 0 Å². The summed E-state index contributed by atoms with van der Waals surface area (Å²) in [6, 6.07) is 20.8. The van der Waals surface area contributed by atoms with Crippen LogP contribution >= 0.6 is 0 Å². The molecule has 0 fully saturated rings. The predicted molar refractivity (Wildman–Crippen MR) is 103 cm³/mol. The number of carbonyl (C=O) groups excluding carboxylic acids is 1. The summed E-state index contributed by atoms with van der Waals surface area (Å²) in [6.07, 6.45) is 1.57. The van der Waals surface area contributed by atoms with Crippen molar-refractivity contribution < 1.29 is 9.53 Å². The molecule has 0 aliphatic rings. The van der Waals surface area contributed by atoms with E-state index in [2.05, 4.69) is 50.2 Å². The van der Waals surface area contributed by atoms with Crippen LogP contribution in [-0.4, -0.2) is 38.6 Å². The lowest BCUT2D eigenvalue weighted by molar-refractivity contribution is -0.148. The van der Waals surface area contributed by atoms with E-state index in [0.717, 1.165) is 19.4 Å². The van der Waals surface area contributed by atoms with Crippen LogP contribution < -0.4 is 0 Å². The molecule has 0 aliphatic heterocycles. The van der Waals surface area contributed by atoms with Gasteiger partial charge in [0.2, 0.25) is 0 Å². The van der Waals surface area contributed by atoms with Crippen molar-refractivity contribution >= 4 is 5.97 Å². The Balaban J connectivity index is 2.70. The normalized spacial score (nSPS) is 12.8. The molecule has 2 aromatic carbocycles. The molecular formula is C22H29NO2. The number of ether oxygens (including phenoxy) is 1. The molecule has 0 saturated carbocycles. The van der Waals surface area contributed by atoms with Crippen molar-refractivity contribution in [1.29, 1.82) is 0 Å². The quantitative estimate of drug-likeness (QED) is 0.678. The summed E-state index contributed by atoms with van der Waals surface area (Å²) in [5.74, 6) is -0.379. The zero-order valence-electron chi connectivity index (χ0n) is 15.7. The van der Waals surface area contributed by atoms with E-state index in [4.69, 9.17) is 4.74 Å². The molecule has 0 aromatic heterocycles. The number of nitrogens with zero attached hydrogens (tertiary/aromatic N) is 1. The van der Waals surface area contributed by atoms with Crippen molar-refractivity contribution in [2.45, 2.75) is 25.2 Å². The Morgan fingerprint density at radius 1 is 1.00 bits per heavy atom. The highest BCUT2D eigenvalue weighted by Crippen LogP contribution is 2.44. The number of benzene rings is 2. The van der Waals surface area contributed by atoms with Crippen LogP contribution in [0.5, 0.6) is 0 Å². The molecule has 2 aromatic rings. The summed E-state index contributed by atoms with van der Waals surface area (Å²) in [7, 11) is 5.62. The highest BCUT2D eigenvalue weighted by molar-refractivity contribution is 5.76. The van der Waals surface area contributed by atoms with Gasteiger partial charge in [-0.25, -0.2) is 0 Å². The zero-order valence-corrected chi connectivity index (χ0v) is 15.7. The molecule has 0 radical (unpaired) electrons. The Labute approximate surface area is 151 Å². The Kier molecular flexibility index (Phi) is 6.77. The lowest BCUT2D eigenvalue weighted by Gasteiger charge is -2.41. The van der Waals surface area contributed by atoms with E-state index >= 15 is 0 Å². The van der Waals surface area contributed by atoms with Crippen LogP contribution in [0.15, 0.2) is 60.7 Å². The van der Waals surface area contributed by atoms with Crippen LogP contribution in [0.2, 0.25) is 0 Å². The predicted octanol–water partition coefficient (Wildman–Crippen LogP) is 4.12. The molecule has 0 aliphatic carbocycles. The highest BCUT2D eigenvalue weighted by Gasteiger charge is 2.45. The van der Waals surface area contributed by atoms with Gasteiger partial charge in [0.1, 0.15) is 0 Å². The largest absolute Gasteiger partial charge is 0.469 e. The maximum atomic E-state index is 12.7. The first-order chi connectivity index (χ1) is 12.1. The van der Waals surface area contributed by atoms with Gasteiger partial charge in [0.05, 0.1) is 13.0 Å². The summed E-state index contributed by atoms with van der Waals surface area (Å²) in [5.41, 5.74) is 1.93. The Morgan fingerprint density at radius 2 is 1.48 bits per heavy atom. The van der Waals surface area contributed by atoms with Crippen molar-refractivity contribution in [3.05, 3.63) is 71.8 Å². The molecule has 3 nitrogen and oxygen atoms in total. The second-order valence-corrected chi connectivity index (χ2v) is 6.74. The molecule has 0 spiro atoms. The van der Waals surface area contributed by atoms with Gasteiger partial charge in [-0.3, -0.25) is 4.79 Å². The van der Waals surface area contributed by atoms with Crippen molar-refractivity contribution in [3.8, 4) is 0 Å². The molecule has 0 bridgehead atoms. The molecule has 0 heterocycles. The third kappa shape index (κ3) is 4.10. The van der Waals surface area contributed by atoms with Crippen LogP contribution in [0.1, 0.15) is 30.9 Å². The van der Waals surface area contributed by atoms with Crippen LogP contribution in [0.25, 0.3) is 0 Å². The standard InChI is InChI=1S/C22H29NO2/c1-5-20(21(24)25-4)22(16-17-23(2)3,18-12-8-6-9-13-18)19-14-10-7-11-15-19/h6-15,20H,5,16-17H2,1-4H3/t20-/m1/s1. The second kappa shape index (κ2) is 8.82. The van der Waals surface area contributed by atoms with Gasteiger partial charge in [0, 0.05) is 5.41 Å². The minimum Gasteiger partial charge on any atom is -0.469 e. The third-order valence-corrected chi connectivity index (χ3v) is 5.02. The molecule has 0 N–H and O–H groups in total. The van der Waals surface area contributed by atoms with Crippen LogP contribution in [-0.2, 0) is 14.9 Å². The van der Waals surface area contributed by atoms with E-state index < -0.39 is 5.41 Å². The van der Waals surface area contributed by atoms with E-state index in [0.29, 0.717) is 0 Å². The molecule has 0 unspecified atom stereocenters. The van der Waals surface area contributed by atoms with Gasteiger partial charge in [-0.1, -0.05) is 67.6 Å². The fraction of sp³-hybridized carbons (Fsp3) is 0.409. The lowest BCUT2D eigenvalue weighted by atomic mass is 9.62. The summed E-state index contributed by atoms with van der Waals surface area (Å²) in [6.45, 7) is 2.95. The average molecular weight is 339 g/mol. The number of hydrogen-bond donors (Lipinski definition) is 0. The zero-order chi connectivity index (χ0) is 18.3. The molecule has 134 valence electrons. The van der Waals surface area contributed by atoms with Crippen LogP contribution in [0, 0.1) is 5.92 Å². The Hall–Kier alpha value is -2.13. The van der Waals surface area contributed by atoms with Gasteiger partial charge in [-0.15, -0.1) is 0 Å². The number of rotatable bonds is 8. The molecular weight excluding hydrogens is 310 g/mol. The van der Waals surface area contributed by atoms with Gasteiger partial charge < -0.3 is 9.64 Å². The van der Waals surface area contributed by atoms with E-state index in [9.17, 15) is 4.79 Å². The number of methoxy groups -OCH3 is 1. The summed E-state index contributed by atoms with van der Waals surface area (Å²) < 4.78 is 5.21. The highest BCUT2D eigenvalue weighted by atomic mass is 16.5. The van der Waals surface area contributed by atoms with Crippen LogP contribution in [0.3, 0.4) is 0 Å². The monoisotopic (exact) mass is 339 g/mol. The number of hydrogen-bond acceptors (Lipinski definition) is 3. The molecule has 0 saturated heterocycles. The maximum Gasteiger partial charge on any atom is 0.309 e. The maximum absolute atomic E-state index is 12.7. The minimum atomic E-state index is -0.408. The first-order valence-electron chi connectivity index (χ1n) is 8.89. The fourth-order valence-corrected chi connectivity index (χ4v) is 3.76. The van der Waals surface area contributed by atoms with Crippen molar-refractivity contribution in [1.82, 2.24) is 4.90 Å². The van der Waals surface area contributed by atoms with Gasteiger partial charge >= 0.3 is 5.97 Å². The van der Waals surface area contributed by atoms with Crippen molar-refractivity contribution in [2.24, 2.45) is 5.92 Å². The molecule has 25 heavy (non-hydrogen) atoms. The number of esters is 1. The van der Waals surface area contributed by atoms with E-state index in [1.165, 1.54) is 18.2 Å². The van der Waals surface area contributed by atoms with Gasteiger partial charge in [0.25, 0.3) is 0 Å². The second-order valence-electron chi connectivity index (χ2n) is 6.74. The average Bonchev–Trinajstić information content (AvgIpc) is 2.66. The smallest absolute Gasteiger partial charge is 0.309 e. The van der Waals surface area contributed by atoms with E-state index in [-0.39, 0.29) is 11.9 Å². The summed E-state index contributed by atoms with van der Waals surface area (Å²) >= 11 is 0. The van der Waals surface area contributed by atoms with Crippen molar-refractivity contribution in [3.63, 3.8) is 0 Å². The topological polar surface area (TPSA) is 29.5 Å². The SMILES string of the molecule is CC[C@H](C(=O)OC)C(CCN(C)C)(c1ccccc1)c1ccccc1. The fourth-order valence-electron chi connectivity index (χ4n) is 3.76. The summed E-state index contributed by atoms with van der Waals surface area (Å²) in [4.78, 5) is 14.9. The molecule has 1 atom stereocenters. The molecule has 3 heteroatoms. The minimum absolute atomic E-state index is 0.144. The van der Waals surface area contributed by atoms with Gasteiger partial charge in [0.15, 0.2) is 0 Å². The summed E-state index contributed by atoms with van der Waals surface area (Å²) in [5, 5.41) is 0. The van der Waals surface area contributed by atoms with Gasteiger partial charge in [-0.2, -0.15) is 0 Å². The Bertz CT molecular complexity index is 613. The number of carbonyl (C=O) groups is 1. The third-order valence-electron chi connectivity index (χ3n) is 5.02.